The molecular weight excluding hydrogens is 170 g/mol. The highest BCUT2D eigenvalue weighted by molar-refractivity contribution is 7.09. The lowest BCUT2D eigenvalue weighted by Crippen LogP contribution is -2.14. The maximum Gasteiger partial charge on any atom is 0.204 e. The van der Waals surface area contributed by atoms with Gasteiger partial charge < -0.3 is 4.90 Å². The monoisotopic (exact) mass is 185 g/mol. The minimum atomic E-state index is 0.0603. The molecule has 0 bridgehead atoms. The summed E-state index contributed by atoms with van der Waals surface area (Å²) >= 11 is 1.45. The number of hydrogen-bond acceptors (Lipinski definition) is 4. The largest absolute Gasteiger partial charge is 0.353 e. The first kappa shape index (κ1) is 9.45. The third-order valence-electron chi connectivity index (χ3n) is 1.47. The molecule has 1 rings (SSSR count). The van der Waals surface area contributed by atoms with Crippen molar-refractivity contribution in [2.75, 3.05) is 19.0 Å². The summed E-state index contributed by atoms with van der Waals surface area (Å²) < 4.78 is 4.30. The molecular formula is C8H15N3S. The summed E-state index contributed by atoms with van der Waals surface area (Å²) in [6, 6.07) is 0. The van der Waals surface area contributed by atoms with Gasteiger partial charge in [0.2, 0.25) is 5.13 Å². The molecule has 1 heterocycles. The Kier molecular flexibility index (Phi) is 2.37. The molecule has 4 heteroatoms. The number of aromatic nitrogens is 2. The Morgan fingerprint density at radius 1 is 1.25 bits per heavy atom. The van der Waals surface area contributed by atoms with Crippen molar-refractivity contribution >= 4 is 16.7 Å². The third-order valence-corrected chi connectivity index (χ3v) is 2.35. The number of nitrogens with zero attached hydrogens (tertiary/aromatic N) is 3. The van der Waals surface area contributed by atoms with E-state index in [9.17, 15) is 0 Å². The van der Waals surface area contributed by atoms with Crippen LogP contribution in [0.1, 0.15) is 26.6 Å². The molecule has 0 aliphatic heterocycles. The molecule has 0 saturated heterocycles. The van der Waals surface area contributed by atoms with Crippen LogP contribution < -0.4 is 4.90 Å². The highest BCUT2D eigenvalue weighted by atomic mass is 32.1. The van der Waals surface area contributed by atoms with Crippen molar-refractivity contribution in [2.24, 2.45) is 0 Å². The second kappa shape index (κ2) is 3.01. The fourth-order valence-corrected chi connectivity index (χ4v) is 1.48. The van der Waals surface area contributed by atoms with Crippen LogP contribution in [-0.4, -0.2) is 23.5 Å². The van der Waals surface area contributed by atoms with Crippen molar-refractivity contribution in [3.8, 4) is 0 Å². The predicted octanol–water partition coefficient (Wildman–Crippen LogP) is 1.90. The Morgan fingerprint density at radius 3 is 2.08 bits per heavy atom. The van der Waals surface area contributed by atoms with Gasteiger partial charge in [0.05, 0.1) is 0 Å². The summed E-state index contributed by atoms with van der Waals surface area (Å²) in [6.45, 7) is 6.36. The number of rotatable bonds is 1. The first-order valence-electron chi connectivity index (χ1n) is 3.93. The van der Waals surface area contributed by atoms with Crippen molar-refractivity contribution in [3.63, 3.8) is 0 Å². The highest BCUT2D eigenvalue weighted by Gasteiger charge is 2.19. The van der Waals surface area contributed by atoms with E-state index in [1.165, 1.54) is 11.5 Å². The lowest BCUT2D eigenvalue weighted by Gasteiger charge is -2.12. The Morgan fingerprint density at radius 2 is 1.83 bits per heavy atom. The molecule has 0 amide bonds. The van der Waals surface area contributed by atoms with Gasteiger partial charge >= 0.3 is 0 Å². The normalized spacial score (nSPS) is 11.8. The molecule has 0 radical (unpaired) electrons. The van der Waals surface area contributed by atoms with Crippen LogP contribution in [0.4, 0.5) is 5.13 Å². The zero-order chi connectivity index (χ0) is 9.35. The molecule has 1 aromatic rings. The van der Waals surface area contributed by atoms with Crippen LogP contribution in [0, 0.1) is 0 Å². The van der Waals surface area contributed by atoms with E-state index in [0.29, 0.717) is 0 Å². The fourth-order valence-electron chi connectivity index (χ4n) is 0.702. The topological polar surface area (TPSA) is 29.0 Å². The molecule has 0 aliphatic rings. The van der Waals surface area contributed by atoms with Crippen LogP contribution in [0.25, 0.3) is 0 Å². The molecule has 0 aromatic carbocycles. The molecule has 0 spiro atoms. The maximum atomic E-state index is 4.41. The van der Waals surface area contributed by atoms with Gasteiger partial charge in [-0.25, -0.2) is 4.98 Å². The molecule has 0 fully saturated rings. The maximum absolute atomic E-state index is 4.41. The number of hydrogen-bond donors (Lipinski definition) is 0. The zero-order valence-electron chi connectivity index (χ0n) is 8.25. The Hall–Kier alpha value is -0.640. The van der Waals surface area contributed by atoms with E-state index < -0.39 is 0 Å². The second-order valence-electron chi connectivity index (χ2n) is 4.04. The van der Waals surface area contributed by atoms with E-state index >= 15 is 0 Å². The average Bonchev–Trinajstić information content (AvgIpc) is 2.30. The van der Waals surface area contributed by atoms with E-state index in [4.69, 9.17) is 0 Å². The van der Waals surface area contributed by atoms with Crippen LogP contribution >= 0.6 is 11.5 Å². The number of anilines is 1. The quantitative estimate of drug-likeness (QED) is 0.669. The summed E-state index contributed by atoms with van der Waals surface area (Å²) in [7, 11) is 3.96. The van der Waals surface area contributed by atoms with E-state index in [1.807, 2.05) is 19.0 Å². The van der Waals surface area contributed by atoms with Crippen LogP contribution in [0.15, 0.2) is 0 Å². The van der Waals surface area contributed by atoms with Crippen molar-refractivity contribution < 1.29 is 0 Å². The minimum absolute atomic E-state index is 0.0603. The molecule has 1 aromatic heterocycles. The minimum Gasteiger partial charge on any atom is -0.353 e. The second-order valence-corrected chi connectivity index (χ2v) is 4.78. The van der Waals surface area contributed by atoms with Crippen LogP contribution in [-0.2, 0) is 5.41 Å². The summed E-state index contributed by atoms with van der Waals surface area (Å²) in [6.07, 6.45) is 0. The van der Waals surface area contributed by atoms with Gasteiger partial charge in [0.25, 0.3) is 0 Å². The summed E-state index contributed by atoms with van der Waals surface area (Å²) in [5.74, 6) is 0.927. The molecule has 0 aliphatic carbocycles. The lowest BCUT2D eigenvalue weighted by atomic mass is 9.96. The zero-order valence-corrected chi connectivity index (χ0v) is 9.07. The first-order chi connectivity index (χ1) is 5.41. The van der Waals surface area contributed by atoms with Gasteiger partial charge in [-0.2, -0.15) is 4.37 Å². The summed E-state index contributed by atoms with van der Waals surface area (Å²) in [4.78, 5) is 6.39. The fraction of sp³-hybridized carbons (Fsp3) is 0.750. The Bertz CT molecular complexity index is 260. The van der Waals surface area contributed by atoms with Gasteiger partial charge in [-0.15, -0.1) is 0 Å². The van der Waals surface area contributed by atoms with Gasteiger partial charge in [-0.05, 0) is 0 Å². The van der Waals surface area contributed by atoms with Crippen molar-refractivity contribution in [3.05, 3.63) is 5.82 Å². The molecule has 0 saturated carbocycles. The van der Waals surface area contributed by atoms with E-state index in [-0.39, 0.29) is 5.41 Å². The van der Waals surface area contributed by atoms with E-state index in [0.717, 1.165) is 11.0 Å². The average molecular weight is 185 g/mol. The lowest BCUT2D eigenvalue weighted by molar-refractivity contribution is 0.554. The van der Waals surface area contributed by atoms with Crippen molar-refractivity contribution in [2.45, 2.75) is 26.2 Å². The summed E-state index contributed by atoms with van der Waals surface area (Å²) in [5.41, 5.74) is 0.0603. The van der Waals surface area contributed by atoms with E-state index in [1.54, 1.807) is 0 Å². The van der Waals surface area contributed by atoms with Crippen molar-refractivity contribution in [1.82, 2.24) is 9.36 Å². The predicted molar refractivity (Wildman–Crippen MR) is 52.9 cm³/mol. The third kappa shape index (κ3) is 1.94. The molecule has 0 atom stereocenters. The highest BCUT2D eigenvalue weighted by Crippen LogP contribution is 2.23. The molecule has 12 heavy (non-hydrogen) atoms. The van der Waals surface area contributed by atoms with E-state index in [2.05, 4.69) is 30.1 Å². The van der Waals surface area contributed by atoms with Gasteiger partial charge in [0, 0.05) is 31.0 Å². The smallest absolute Gasteiger partial charge is 0.204 e. The van der Waals surface area contributed by atoms with Gasteiger partial charge in [0.15, 0.2) is 0 Å². The van der Waals surface area contributed by atoms with Crippen LogP contribution in [0.5, 0.6) is 0 Å². The molecule has 0 unspecified atom stereocenters. The van der Waals surface area contributed by atoms with Crippen molar-refractivity contribution in [1.29, 1.82) is 0 Å². The molecule has 0 N–H and O–H groups in total. The van der Waals surface area contributed by atoms with Crippen LogP contribution in [0.3, 0.4) is 0 Å². The Balaban J connectivity index is 2.92. The molecule has 3 nitrogen and oxygen atoms in total. The van der Waals surface area contributed by atoms with Gasteiger partial charge in [0.1, 0.15) is 5.82 Å². The Labute approximate surface area is 77.6 Å². The SMILES string of the molecule is CN(C)c1nc(C(C)(C)C)ns1. The van der Waals surface area contributed by atoms with Crippen LogP contribution in [0.2, 0.25) is 0 Å². The van der Waals surface area contributed by atoms with Gasteiger partial charge in [-0.3, -0.25) is 0 Å². The standard InChI is InChI=1S/C8H15N3S/c1-8(2,3)6-9-7(11(4)5)12-10-6/h1-5H3. The summed E-state index contributed by atoms with van der Waals surface area (Å²) in [5, 5.41) is 0.972. The molecule has 68 valence electrons. The first-order valence-corrected chi connectivity index (χ1v) is 4.70. The van der Waals surface area contributed by atoms with Gasteiger partial charge in [-0.1, -0.05) is 20.8 Å².